The molecule has 0 bridgehead atoms. The number of rotatable bonds is 9. The van der Waals surface area contributed by atoms with Crippen molar-refractivity contribution in [3.8, 4) is 17.1 Å². The lowest BCUT2D eigenvalue weighted by Crippen LogP contribution is -2.40. The van der Waals surface area contributed by atoms with Crippen LogP contribution in [-0.2, 0) is 9.53 Å². The average molecular weight is 687 g/mol. The summed E-state index contributed by atoms with van der Waals surface area (Å²) in [4.78, 5) is 43.2. The summed E-state index contributed by atoms with van der Waals surface area (Å²) in [5.41, 5.74) is 1.39. The molecule has 5 rings (SSSR count). The van der Waals surface area contributed by atoms with Gasteiger partial charge in [0.15, 0.2) is 4.80 Å². The van der Waals surface area contributed by atoms with Gasteiger partial charge in [-0.2, -0.15) is 0 Å². The van der Waals surface area contributed by atoms with Crippen LogP contribution in [0.25, 0.3) is 17.4 Å². The number of esters is 1. The van der Waals surface area contributed by atoms with Gasteiger partial charge in [0, 0.05) is 33.8 Å². The third kappa shape index (κ3) is 5.95. The molecule has 0 aliphatic carbocycles. The quantitative estimate of drug-likeness (QED) is 0.117. The van der Waals surface area contributed by atoms with E-state index in [-0.39, 0.29) is 28.4 Å². The summed E-state index contributed by atoms with van der Waals surface area (Å²) in [7, 11) is 1.53. The maximum Gasteiger partial charge on any atom is 0.338 e. The minimum Gasteiger partial charge on any atom is -0.496 e. The monoisotopic (exact) mass is 685 g/mol. The van der Waals surface area contributed by atoms with E-state index in [1.165, 1.54) is 41.2 Å². The number of nitrogens with zero attached hydrogens (tertiary/aromatic N) is 3. The van der Waals surface area contributed by atoms with Crippen molar-refractivity contribution >= 4 is 56.6 Å². The predicted molar refractivity (Wildman–Crippen MR) is 166 cm³/mol. The number of methoxy groups -OCH3 is 1. The SMILES string of the molecule is CCCC1=C(C(=O)OCC)[C@@H](c2cc(Br)ccc2OC)n2c(s/c(=C/c3ccc(-c4ccc([N+](=O)[O-])cc4Cl)o3)c2=O)=N1. The number of nitro benzene ring substituents is 1. The van der Waals surface area contributed by atoms with E-state index in [9.17, 15) is 19.7 Å². The number of benzene rings is 2. The number of halogens is 2. The Balaban J connectivity index is 1.68. The maximum absolute atomic E-state index is 14.0. The number of fused-ring (bicyclic) bond motifs is 1. The van der Waals surface area contributed by atoms with Gasteiger partial charge in [-0.1, -0.05) is 52.2 Å². The first kappa shape index (κ1) is 30.5. The van der Waals surface area contributed by atoms with Crippen LogP contribution in [-0.4, -0.2) is 29.2 Å². The molecular weight excluding hydrogens is 662 g/mol. The molecule has 2 aromatic carbocycles. The van der Waals surface area contributed by atoms with Crippen LogP contribution in [0.15, 0.2) is 78.5 Å². The van der Waals surface area contributed by atoms with Crippen LogP contribution >= 0.6 is 38.9 Å². The van der Waals surface area contributed by atoms with Crippen LogP contribution < -0.4 is 19.6 Å². The fourth-order valence-electron chi connectivity index (χ4n) is 4.86. The normalized spacial score (nSPS) is 14.8. The summed E-state index contributed by atoms with van der Waals surface area (Å²) < 4.78 is 19.6. The summed E-state index contributed by atoms with van der Waals surface area (Å²) in [6.45, 7) is 3.87. The Hall–Kier alpha value is -4.00. The molecule has 0 amide bonds. The molecule has 1 aliphatic heterocycles. The Morgan fingerprint density at radius 3 is 2.70 bits per heavy atom. The van der Waals surface area contributed by atoms with Crippen LogP contribution in [0.1, 0.15) is 44.1 Å². The summed E-state index contributed by atoms with van der Waals surface area (Å²) >= 11 is 11.0. The number of furan rings is 1. The predicted octanol–water partition coefficient (Wildman–Crippen LogP) is 6.17. The van der Waals surface area contributed by atoms with Crippen molar-refractivity contribution in [2.75, 3.05) is 13.7 Å². The highest BCUT2D eigenvalue weighted by atomic mass is 79.9. The minimum atomic E-state index is -0.850. The Kier molecular flexibility index (Phi) is 9.00. The van der Waals surface area contributed by atoms with E-state index < -0.39 is 16.9 Å². The first-order valence-corrected chi connectivity index (χ1v) is 15.2. The first-order valence-electron chi connectivity index (χ1n) is 13.3. The van der Waals surface area contributed by atoms with Crippen molar-refractivity contribution in [2.24, 2.45) is 4.99 Å². The van der Waals surface area contributed by atoms with Crippen LogP contribution in [0, 0.1) is 10.1 Å². The summed E-state index contributed by atoms with van der Waals surface area (Å²) in [6.07, 6.45) is 2.82. The van der Waals surface area contributed by atoms with Crippen LogP contribution in [0.5, 0.6) is 5.75 Å². The smallest absolute Gasteiger partial charge is 0.338 e. The molecule has 0 radical (unpaired) electrons. The average Bonchev–Trinajstić information content (AvgIpc) is 3.56. The molecule has 3 heterocycles. The van der Waals surface area contributed by atoms with Gasteiger partial charge in [-0.25, -0.2) is 9.79 Å². The lowest BCUT2D eigenvalue weighted by atomic mass is 9.93. The van der Waals surface area contributed by atoms with Crippen molar-refractivity contribution in [1.29, 1.82) is 0 Å². The number of non-ortho nitro benzene ring substituents is 1. The van der Waals surface area contributed by atoms with Gasteiger partial charge in [0.25, 0.3) is 11.2 Å². The Morgan fingerprint density at radius 1 is 1.23 bits per heavy atom. The zero-order valence-electron chi connectivity index (χ0n) is 23.3. The number of carbonyl (C=O) groups is 1. The molecule has 0 saturated carbocycles. The number of thiazole rings is 1. The third-order valence-electron chi connectivity index (χ3n) is 6.71. The lowest BCUT2D eigenvalue weighted by Gasteiger charge is -2.27. The fourth-order valence-corrected chi connectivity index (χ4v) is 6.50. The third-order valence-corrected chi connectivity index (χ3v) is 8.50. The molecule has 0 unspecified atom stereocenters. The number of ether oxygens (including phenoxy) is 2. The molecule has 222 valence electrons. The molecular formula is C30H25BrClN3O7S. The van der Waals surface area contributed by atoms with E-state index in [1.54, 1.807) is 31.2 Å². The second-order valence-corrected chi connectivity index (χ2v) is 11.8. The maximum atomic E-state index is 14.0. The van der Waals surface area contributed by atoms with Gasteiger partial charge < -0.3 is 13.9 Å². The van der Waals surface area contributed by atoms with Gasteiger partial charge in [-0.15, -0.1) is 0 Å². The zero-order valence-corrected chi connectivity index (χ0v) is 26.4. The highest BCUT2D eigenvalue weighted by Crippen LogP contribution is 2.38. The second kappa shape index (κ2) is 12.7. The van der Waals surface area contributed by atoms with Crippen LogP contribution in [0.2, 0.25) is 5.02 Å². The van der Waals surface area contributed by atoms with E-state index >= 15 is 0 Å². The van der Waals surface area contributed by atoms with Crippen LogP contribution in [0.3, 0.4) is 0 Å². The Morgan fingerprint density at radius 2 is 2.02 bits per heavy atom. The molecule has 1 atom stereocenters. The van der Waals surface area contributed by atoms with Gasteiger partial charge in [-0.05, 0) is 49.7 Å². The number of aromatic nitrogens is 1. The molecule has 1 aliphatic rings. The Bertz CT molecular complexity index is 1960. The molecule has 0 saturated heterocycles. The van der Waals surface area contributed by atoms with Crippen molar-refractivity contribution in [2.45, 2.75) is 32.7 Å². The zero-order chi connectivity index (χ0) is 30.8. The molecule has 0 spiro atoms. The van der Waals surface area contributed by atoms with Crippen LogP contribution in [0.4, 0.5) is 5.69 Å². The highest BCUT2D eigenvalue weighted by molar-refractivity contribution is 9.10. The Labute approximate surface area is 262 Å². The van der Waals surface area contributed by atoms with Gasteiger partial charge in [0.2, 0.25) is 0 Å². The standard InChI is InChI=1S/C30H25BrClN3O7S/c1-4-6-22-26(29(37)41-5-2)27(20-13-16(31)7-11-23(20)40-3)34-28(36)25(43-30(34)33-22)15-18-9-12-24(42-18)19-10-8-17(35(38)39)14-21(19)32/h7-15,27H,4-6H2,1-3H3/b25-15+/t27-/m1/s1. The topological polar surface area (TPSA) is 126 Å². The number of hydrogen-bond donors (Lipinski definition) is 0. The van der Waals surface area contributed by atoms with Crippen molar-refractivity contribution in [3.63, 3.8) is 0 Å². The summed E-state index contributed by atoms with van der Waals surface area (Å²) in [5.74, 6) is 0.694. The number of hydrogen-bond acceptors (Lipinski definition) is 9. The largest absolute Gasteiger partial charge is 0.496 e. The van der Waals surface area contributed by atoms with Gasteiger partial charge in [0.1, 0.15) is 23.3 Å². The van der Waals surface area contributed by atoms with E-state index in [1.807, 2.05) is 19.1 Å². The highest BCUT2D eigenvalue weighted by Gasteiger charge is 2.36. The van der Waals surface area contributed by atoms with E-state index in [0.29, 0.717) is 49.8 Å². The fraction of sp³-hybridized carbons (Fsp3) is 0.233. The lowest BCUT2D eigenvalue weighted by molar-refractivity contribution is -0.384. The summed E-state index contributed by atoms with van der Waals surface area (Å²) in [6, 6.07) is 12.0. The van der Waals surface area contributed by atoms with Gasteiger partial charge >= 0.3 is 5.97 Å². The summed E-state index contributed by atoms with van der Waals surface area (Å²) in [5, 5.41) is 11.2. The number of nitro groups is 1. The van der Waals surface area contributed by atoms with Crippen molar-refractivity contribution in [1.82, 2.24) is 4.57 Å². The van der Waals surface area contributed by atoms with E-state index in [2.05, 4.69) is 15.9 Å². The number of carbonyl (C=O) groups excluding carboxylic acids is 1. The molecule has 43 heavy (non-hydrogen) atoms. The van der Waals surface area contributed by atoms with Gasteiger partial charge in [-0.3, -0.25) is 19.5 Å². The van der Waals surface area contributed by atoms with Crippen molar-refractivity contribution in [3.05, 3.63) is 110 Å². The molecule has 2 aromatic heterocycles. The van der Waals surface area contributed by atoms with E-state index in [0.717, 1.165) is 10.9 Å². The van der Waals surface area contributed by atoms with Crippen molar-refractivity contribution < 1.29 is 23.6 Å². The second-order valence-electron chi connectivity index (χ2n) is 9.42. The molecule has 10 nitrogen and oxygen atoms in total. The van der Waals surface area contributed by atoms with Gasteiger partial charge in [0.05, 0.1) is 39.5 Å². The van der Waals surface area contributed by atoms with E-state index in [4.69, 9.17) is 30.5 Å². The minimum absolute atomic E-state index is 0.136. The molecule has 0 fully saturated rings. The molecule has 0 N–H and O–H groups in total. The first-order chi connectivity index (χ1) is 20.7. The molecule has 4 aromatic rings. The number of allylic oxidation sites excluding steroid dienone is 1. The molecule has 13 heteroatoms.